The molecule has 11 heteroatoms. The predicted molar refractivity (Wildman–Crippen MR) is 131 cm³/mol. The molecule has 3 N–H and O–H groups in total. The van der Waals surface area contributed by atoms with Gasteiger partial charge < -0.3 is 20.5 Å². The predicted octanol–water partition coefficient (Wildman–Crippen LogP) is 3.88. The van der Waals surface area contributed by atoms with Crippen molar-refractivity contribution in [3.8, 4) is 6.07 Å². The zero-order valence-electron chi connectivity index (χ0n) is 18.5. The van der Waals surface area contributed by atoms with Gasteiger partial charge in [0.25, 0.3) is 0 Å². The van der Waals surface area contributed by atoms with Crippen molar-refractivity contribution in [1.82, 2.24) is 14.6 Å². The minimum absolute atomic E-state index is 0.00785. The summed E-state index contributed by atoms with van der Waals surface area (Å²) >= 11 is 13.9. The molecule has 0 saturated carbocycles. The molecule has 1 spiro atoms. The van der Waals surface area contributed by atoms with Crippen LogP contribution in [0, 0.1) is 16.7 Å². The molecule has 2 saturated heterocycles. The van der Waals surface area contributed by atoms with E-state index in [1.54, 1.807) is 12.1 Å². The molecule has 34 heavy (non-hydrogen) atoms. The number of ether oxygens (including phenoxy) is 1. The van der Waals surface area contributed by atoms with E-state index in [0.29, 0.717) is 43.5 Å². The van der Waals surface area contributed by atoms with Gasteiger partial charge in [0.05, 0.1) is 33.2 Å². The van der Waals surface area contributed by atoms with Gasteiger partial charge in [0.15, 0.2) is 11.5 Å². The number of nitrogens with two attached hydrogens (primary N) is 1. The average molecular weight is 519 g/mol. The Labute approximate surface area is 211 Å². The van der Waals surface area contributed by atoms with E-state index in [2.05, 4.69) is 21.2 Å². The minimum atomic E-state index is -0.282. The highest BCUT2D eigenvalue weighted by Crippen LogP contribution is 2.44. The maximum atomic E-state index is 10.0. The van der Waals surface area contributed by atoms with Gasteiger partial charge in [0.1, 0.15) is 18.5 Å². The highest BCUT2D eigenvalue weighted by molar-refractivity contribution is 7.99. The first-order valence-electron chi connectivity index (χ1n) is 11.0. The number of hydrogen-bond acceptors (Lipinski definition) is 8. The lowest BCUT2D eigenvalue weighted by molar-refractivity contribution is 0.0974. The van der Waals surface area contributed by atoms with Crippen LogP contribution in [0.4, 0.5) is 5.82 Å². The summed E-state index contributed by atoms with van der Waals surface area (Å²) in [6.45, 7) is 3.92. The molecule has 5 rings (SSSR count). The van der Waals surface area contributed by atoms with Crippen LogP contribution in [0.25, 0.3) is 5.65 Å². The van der Waals surface area contributed by atoms with Crippen LogP contribution >= 0.6 is 35.0 Å². The molecule has 0 aliphatic carbocycles. The van der Waals surface area contributed by atoms with E-state index in [9.17, 15) is 10.4 Å². The van der Waals surface area contributed by atoms with E-state index >= 15 is 0 Å². The van der Waals surface area contributed by atoms with Crippen molar-refractivity contribution in [3.63, 3.8) is 0 Å². The number of rotatable bonds is 4. The number of aliphatic hydroxyl groups excluding tert-OH is 1. The van der Waals surface area contributed by atoms with Gasteiger partial charge in [-0.25, -0.2) is 0 Å². The zero-order chi connectivity index (χ0) is 24.0. The Hall–Kier alpha value is -2.06. The number of nitrogens with zero attached hydrogens (tertiary/aromatic N) is 5. The third-order valence-corrected chi connectivity index (χ3v) is 9.10. The molecule has 0 bridgehead atoms. The van der Waals surface area contributed by atoms with Crippen LogP contribution in [0.1, 0.15) is 31.2 Å². The van der Waals surface area contributed by atoms with Gasteiger partial charge in [-0.05, 0) is 38.0 Å². The topological polar surface area (TPSA) is 113 Å². The number of aromatic nitrogens is 3. The molecule has 2 atom stereocenters. The number of hydrogen-bond donors (Lipinski definition) is 2. The molecule has 8 nitrogen and oxygen atoms in total. The van der Waals surface area contributed by atoms with Crippen LogP contribution in [0.2, 0.25) is 10.0 Å². The second-order valence-corrected chi connectivity index (χ2v) is 10.7. The number of piperidine rings is 1. The molecule has 2 aliphatic heterocycles. The fourth-order valence-electron chi connectivity index (χ4n) is 4.93. The fourth-order valence-corrected chi connectivity index (χ4v) is 6.41. The molecule has 178 valence electrons. The summed E-state index contributed by atoms with van der Waals surface area (Å²) in [6.07, 6.45) is 1.82. The van der Waals surface area contributed by atoms with E-state index in [-0.39, 0.29) is 24.2 Å². The molecule has 0 unspecified atom stereocenters. The Kier molecular flexibility index (Phi) is 6.40. The van der Waals surface area contributed by atoms with Crippen molar-refractivity contribution in [1.29, 1.82) is 5.26 Å². The van der Waals surface area contributed by atoms with E-state index in [1.165, 1.54) is 11.8 Å². The third kappa shape index (κ3) is 3.83. The first kappa shape index (κ1) is 23.7. The van der Waals surface area contributed by atoms with Crippen LogP contribution in [0.3, 0.4) is 0 Å². The average Bonchev–Trinajstić information content (AvgIpc) is 3.40. The Morgan fingerprint density at radius 1 is 1.32 bits per heavy atom. The molecule has 0 radical (unpaired) electrons. The van der Waals surface area contributed by atoms with Crippen LogP contribution in [0.5, 0.6) is 0 Å². The van der Waals surface area contributed by atoms with E-state index in [4.69, 9.17) is 33.7 Å². The maximum absolute atomic E-state index is 10.0. The lowest BCUT2D eigenvalue weighted by Gasteiger charge is -2.42. The second-order valence-electron chi connectivity index (χ2n) is 8.84. The Morgan fingerprint density at radius 2 is 2.09 bits per heavy atom. The van der Waals surface area contributed by atoms with Gasteiger partial charge in [-0.1, -0.05) is 41.0 Å². The molecular formula is C23H24Cl2N6O2S. The number of anilines is 1. The summed E-state index contributed by atoms with van der Waals surface area (Å²) < 4.78 is 7.68. The zero-order valence-corrected chi connectivity index (χ0v) is 20.9. The number of aliphatic hydroxyl groups is 1. The number of benzene rings is 1. The van der Waals surface area contributed by atoms with Gasteiger partial charge in [-0.3, -0.25) is 4.40 Å². The van der Waals surface area contributed by atoms with Gasteiger partial charge >= 0.3 is 0 Å². The summed E-state index contributed by atoms with van der Waals surface area (Å²) in [5.41, 5.74) is 7.41. The molecular weight excluding hydrogens is 495 g/mol. The Bertz CT molecular complexity index is 1280. The van der Waals surface area contributed by atoms with Crippen LogP contribution < -0.4 is 10.6 Å². The van der Waals surface area contributed by atoms with Crippen molar-refractivity contribution >= 4 is 46.4 Å². The molecule has 2 aromatic heterocycles. The second kappa shape index (κ2) is 9.19. The highest BCUT2D eigenvalue weighted by Gasteiger charge is 2.47. The minimum Gasteiger partial charge on any atom is -0.388 e. The molecule has 0 amide bonds. The highest BCUT2D eigenvalue weighted by atomic mass is 35.5. The first-order valence-corrected chi connectivity index (χ1v) is 12.6. The van der Waals surface area contributed by atoms with Gasteiger partial charge in [0, 0.05) is 29.4 Å². The van der Waals surface area contributed by atoms with E-state index < -0.39 is 0 Å². The van der Waals surface area contributed by atoms with Gasteiger partial charge in [-0.2, -0.15) is 5.26 Å². The van der Waals surface area contributed by atoms with Crippen molar-refractivity contribution in [3.05, 3.63) is 45.7 Å². The lowest BCUT2D eigenvalue weighted by atomic mass is 9.73. The van der Waals surface area contributed by atoms with E-state index in [0.717, 1.165) is 31.7 Å². The maximum Gasteiger partial charge on any atom is 0.177 e. The summed E-state index contributed by atoms with van der Waals surface area (Å²) in [6, 6.07) is 9.50. The van der Waals surface area contributed by atoms with Crippen LogP contribution in [-0.2, 0) is 11.3 Å². The van der Waals surface area contributed by atoms with E-state index in [1.807, 2.05) is 23.5 Å². The molecule has 3 aromatic rings. The SMILES string of the molecule is C[C@@H]1OCC2(CCN(c3cc(C#N)c(Sc4cccc(Cl)c4Cl)c4nnc(CO)n34)CC2)[C@@H]1N. The largest absolute Gasteiger partial charge is 0.388 e. The number of pyridine rings is 1. The summed E-state index contributed by atoms with van der Waals surface area (Å²) in [7, 11) is 0. The number of fused-ring (bicyclic) bond motifs is 1. The smallest absolute Gasteiger partial charge is 0.177 e. The molecule has 2 fully saturated rings. The third-order valence-electron chi connectivity index (χ3n) is 7.00. The lowest BCUT2D eigenvalue weighted by Crippen LogP contribution is -2.51. The van der Waals surface area contributed by atoms with Crippen LogP contribution in [0.15, 0.2) is 34.1 Å². The number of nitriles is 1. The normalized spacial score (nSPS) is 21.9. The van der Waals surface area contributed by atoms with Crippen molar-refractivity contribution < 1.29 is 9.84 Å². The van der Waals surface area contributed by atoms with Gasteiger partial charge in [0.2, 0.25) is 0 Å². The number of halogens is 2. The monoisotopic (exact) mass is 518 g/mol. The summed E-state index contributed by atoms with van der Waals surface area (Å²) in [5, 5.41) is 29.4. The molecule has 1 aromatic carbocycles. The van der Waals surface area contributed by atoms with Crippen molar-refractivity contribution in [2.45, 2.75) is 48.3 Å². The fraction of sp³-hybridized carbons (Fsp3) is 0.435. The standard InChI is InChI=1S/C23H24Cl2N6O2S/c1-13-21(27)23(12-33-13)5-7-30(8-6-23)18-9-14(10-26)20(22-29-28-17(11-32)31(18)22)34-16-4-2-3-15(24)19(16)25/h2-4,9,13,21,32H,5-8,11-12,27H2,1H3/t13-,21+/m0/s1. The first-order chi connectivity index (χ1) is 16.4. The van der Waals surface area contributed by atoms with Crippen molar-refractivity contribution in [2.24, 2.45) is 11.1 Å². The molecule has 4 heterocycles. The van der Waals surface area contributed by atoms with Crippen molar-refractivity contribution in [2.75, 3.05) is 24.6 Å². The van der Waals surface area contributed by atoms with Crippen LogP contribution in [-0.4, -0.2) is 51.5 Å². The van der Waals surface area contributed by atoms with Gasteiger partial charge in [-0.15, -0.1) is 10.2 Å². The quantitative estimate of drug-likeness (QED) is 0.534. The molecule has 2 aliphatic rings. The Balaban J connectivity index is 1.55. The Morgan fingerprint density at radius 3 is 2.74 bits per heavy atom. The summed E-state index contributed by atoms with van der Waals surface area (Å²) in [5.74, 6) is 1.18. The summed E-state index contributed by atoms with van der Waals surface area (Å²) in [4.78, 5) is 3.52.